The first-order valence-electron chi connectivity index (χ1n) is 11.2. The van der Waals surface area contributed by atoms with E-state index in [1.807, 2.05) is 0 Å². The highest BCUT2D eigenvalue weighted by atomic mass is 14.7. The summed E-state index contributed by atoms with van der Waals surface area (Å²) < 4.78 is 0. The predicted octanol–water partition coefficient (Wildman–Crippen LogP) is 6.98. The Kier molecular flexibility index (Phi) is 3.11. The molecule has 0 nitrogen and oxygen atoms in total. The standard InChI is InChI=1S/C26H32/c1-5-15-11-16(6-2)23-20-12-19(22(15)23)25-18-9-7-8-17-13(3)10-14(4)21(24(17)18)26(20)25/h7-10,15-16,19-20,22-23,25-26H,5-6,11-12H2,1-4H3. The molecule has 2 aromatic rings. The lowest BCUT2D eigenvalue weighted by Crippen LogP contribution is -2.32. The molecule has 4 aliphatic rings. The summed E-state index contributed by atoms with van der Waals surface area (Å²) in [5, 5.41) is 3.22. The normalized spacial score (nSPS) is 41.8. The van der Waals surface area contributed by atoms with E-state index < -0.39 is 0 Å². The first kappa shape index (κ1) is 15.7. The molecule has 0 heteroatoms. The van der Waals surface area contributed by atoms with Crippen LogP contribution in [0.1, 0.15) is 73.6 Å². The lowest BCUT2D eigenvalue weighted by atomic mass is 9.65. The molecule has 2 bridgehead atoms. The topological polar surface area (TPSA) is 0 Å². The second-order valence-electron chi connectivity index (χ2n) is 10.0. The van der Waals surface area contributed by atoms with Gasteiger partial charge in [-0.3, -0.25) is 0 Å². The largest absolute Gasteiger partial charge is 0.0651 e. The summed E-state index contributed by atoms with van der Waals surface area (Å²) >= 11 is 0. The highest BCUT2D eigenvalue weighted by Crippen LogP contribution is 2.74. The number of hydrogen-bond donors (Lipinski definition) is 0. The van der Waals surface area contributed by atoms with Crippen LogP contribution >= 0.6 is 0 Å². The molecule has 26 heavy (non-hydrogen) atoms. The molecule has 0 aromatic heterocycles. The van der Waals surface area contributed by atoms with Crippen molar-refractivity contribution in [3.05, 3.63) is 46.5 Å². The van der Waals surface area contributed by atoms with Crippen LogP contribution in [0.5, 0.6) is 0 Å². The molecule has 0 N–H and O–H groups in total. The highest BCUT2D eigenvalue weighted by molar-refractivity contribution is 5.96. The van der Waals surface area contributed by atoms with Crippen molar-refractivity contribution in [3.63, 3.8) is 0 Å². The summed E-state index contributed by atoms with van der Waals surface area (Å²) in [6.45, 7) is 9.63. The zero-order valence-electron chi connectivity index (χ0n) is 16.8. The lowest BCUT2D eigenvalue weighted by molar-refractivity contribution is 0.149. The molecule has 4 aliphatic carbocycles. The number of rotatable bonds is 2. The smallest absolute Gasteiger partial charge is 0.00499 e. The van der Waals surface area contributed by atoms with E-state index >= 15 is 0 Å². The van der Waals surface area contributed by atoms with E-state index in [4.69, 9.17) is 0 Å². The van der Waals surface area contributed by atoms with Gasteiger partial charge in [0, 0.05) is 0 Å². The van der Waals surface area contributed by atoms with E-state index in [1.165, 1.54) is 31.2 Å². The van der Waals surface area contributed by atoms with Gasteiger partial charge in [0.05, 0.1) is 0 Å². The summed E-state index contributed by atoms with van der Waals surface area (Å²) in [5.74, 6) is 7.68. The van der Waals surface area contributed by atoms with E-state index in [-0.39, 0.29) is 0 Å². The molecule has 0 aliphatic heterocycles. The fourth-order valence-electron chi connectivity index (χ4n) is 8.81. The van der Waals surface area contributed by atoms with Gasteiger partial charge < -0.3 is 0 Å². The maximum atomic E-state index is 2.50. The Bertz CT molecular complexity index is 906. The van der Waals surface area contributed by atoms with Crippen LogP contribution in [0.25, 0.3) is 10.8 Å². The van der Waals surface area contributed by atoms with Gasteiger partial charge in [0.1, 0.15) is 0 Å². The van der Waals surface area contributed by atoms with Gasteiger partial charge in [0.2, 0.25) is 0 Å². The van der Waals surface area contributed by atoms with Gasteiger partial charge in [0.25, 0.3) is 0 Å². The zero-order valence-corrected chi connectivity index (χ0v) is 16.8. The van der Waals surface area contributed by atoms with Crippen LogP contribution in [-0.4, -0.2) is 0 Å². The van der Waals surface area contributed by atoms with Crippen molar-refractivity contribution in [1.82, 2.24) is 0 Å². The third kappa shape index (κ3) is 1.64. The molecule has 0 radical (unpaired) electrons. The Morgan fingerprint density at radius 3 is 2.23 bits per heavy atom. The zero-order chi connectivity index (χ0) is 17.7. The summed E-state index contributed by atoms with van der Waals surface area (Å²) in [4.78, 5) is 0. The predicted molar refractivity (Wildman–Crippen MR) is 110 cm³/mol. The number of hydrogen-bond acceptors (Lipinski definition) is 0. The Hall–Kier alpha value is -1.30. The minimum absolute atomic E-state index is 0.838. The van der Waals surface area contributed by atoms with Crippen molar-refractivity contribution < 1.29 is 0 Å². The Morgan fingerprint density at radius 2 is 1.54 bits per heavy atom. The summed E-state index contributed by atoms with van der Waals surface area (Å²) in [6.07, 6.45) is 5.88. The Balaban J connectivity index is 1.57. The van der Waals surface area contributed by atoms with Gasteiger partial charge >= 0.3 is 0 Å². The van der Waals surface area contributed by atoms with Crippen LogP contribution < -0.4 is 0 Å². The quantitative estimate of drug-likeness (QED) is 0.551. The third-order valence-electron chi connectivity index (χ3n) is 9.37. The Morgan fingerprint density at radius 1 is 0.846 bits per heavy atom. The van der Waals surface area contributed by atoms with Crippen molar-refractivity contribution in [2.75, 3.05) is 0 Å². The fraction of sp³-hybridized carbons (Fsp3) is 0.615. The molecule has 2 aromatic carbocycles. The molecule has 8 atom stereocenters. The van der Waals surface area contributed by atoms with Crippen LogP contribution in [0.3, 0.4) is 0 Å². The van der Waals surface area contributed by atoms with Crippen LogP contribution in [0.15, 0.2) is 24.3 Å². The monoisotopic (exact) mass is 344 g/mol. The molecular formula is C26H32. The van der Waals surface area contributed by atoms with Crippen molar-refractivity contribution >= 4 is 10.8 Å². The van der Waals surface area contributed by atoms with Gasteiger partial charge in [-0.2, -0.15) is 0 Å². The van der Waals surface area contributed by atoms with Crippen molar-refractivity contribution in [2.45, 2.75) is 65.2 Å². The molecule has 3 saturated carbocycles. The first-order valence-corrected chi connectivity index (χ1v) is 11.2. The SMILES string of the molecule is CCC1CC(CC)C2C3CC(C4c5cccc6c(C)cc(C)c(c56)C34)C12. The van der Waals surface area contributed by atoms with E-state index in [1.54, 1.807) is 27.5 Å². The molecule has 0 heterocycles. The van der Waals surface area contributed by atoms with E-state index in [2.05, 4.69) is 52.0 Å². The van der Waals surface area contributed by atoms with E-state index in [0.717, 1.165) is 47.3 Å². The molecular weight excluding hydrogens is 312 g/mol. The van der Waals surface area contributed by atoms with Crippen molar-refractivity contribution in [1.29, 1.82) is 0 Å². The van der Waals surface area contributed by atoms with Gasteiger partial charge in [-0.1, -0.05) is 51.0 Å². The molecule has 0 saturated heterocycles. The third-order valence-corrected chi connectivity index (χ3v) is 9.37. The van der Waals surface area contributed by atoms with Crippen LogP contribution in [0.4, 0.5) is 0 Å². The van der Waals surface area contributed by atoms with Crippen molar-refractivity contribution in [3.8, 4) is 0 Å². The van der Waals surface area contributed by atoms with Crippen LogP contribution in [0, 0.1) is 49.4 Å². The van der Waals surface area contributed by atoms with Crippen molar-refractivity contribution in [2.24, 2.45) is 35.5 Å². The van der Waals surface area contributed by atoms with Gasteiger partial charge in [-0.05, 0) is 107 Å². The molecule has 136 valence electrons. The van der Waals surface area contributed by atoms with Gasteiger partial charge in [-0.15, -0.1) is 0 Å². The Labute approximate surface area is 158 Å². The van der Waals surface area contributed by atoms with Gasteiger partial charge in [0.15, 0.2) is 0 Å². The van der Waals surface area contributed by atoms with Crippen LogP contribution in [0.2, 0.25) is 0 Å². The van der Waals surface area contributed by atoms with Crippen LogP contribution in [-0.2, 0) is 0 Å². The number of benzene rings is 2. The van der Waals surface area contributed by atoms with E-state index in [9.17, 15) is 0 Å². The minimum Gasteiger partial charge on any atom is -0.0651 e. The second-order valence-corrected chi connectivity index (χ2v) is 10.0. The lowest BCUT2D eigenvalue weighted by Gasteiger charge is -2.39. The average molecular weight is 345 g/mol. The van der Waals surface area contributed by atoms with E-state index in [0.29, 0.717) is 0 Å². The maximum Gasteiger partial charge on any atom is -0.00499 e. The summed E-state index contributed by atoms with van der Waals surface area (Å²) in [7, 11) is 0. The fourth-order valence-corrected chi connectivity index (χ4v) is 8.81. The molecule has 6 rings (SSSR count). The summed E-state index contributed by atoms with van der Waals surface area (Å²) in [5.41, 5.74) is 6.56. The molecule has 0 spiro atoms. The number of fused-ring (bicyclic) bond motifs is 10. The second kappa shape index (κ2) is 5.15. The average Bonchev–Trinajstić information content (AvgIpc) is 3.36. The maximum absolute atomic E-state index is 2.50. The highest BCUT2D eigenvalue weighted by Gasteiger charge is 2.65. The first-order chi connectivity index (χ1) is 12.7. The molecule has 0 amide bonds. The minimum atomic E-state index is 0.838. The number of aryl methyl sites for hydroxylation is 2. The molecule has 8 unspecified atom stereocenters. The van der Waals surface area contributed by atoms with Gasteiger partial charge in [-0.25, -0.2) is 0 Å². The molecule has 3 fully saturated rings. The summed E-state index contributed by atoms with van der Waals surface area (Å²) in [6, 6.07) is 9.70.